The van der Waals surface area contributed by atoms with Gasteiger partial charge in [0.1, 0.15) is 28.9 Å². The molecule has 2 unspecified atom stereocenters. The Hall–Kier alpha value is -4.01. The van der Waals surface area contributed by atoms with Gasteiger partial charge >= 0.3 is 5.97 Å². The lowest BCUT2D eigenvalue weighted by atomic mass is 9.61. The number of carbonyl (C=O) groups is 1. The van der Waals surface area contributed by atoms with Crippen molar-refractivity contribution in [1.82, 2.24) is 19.5 Å². The highest BCUT2D eigenvalue weighted by Gasteiger charge is 2.49. The van der Waals surface area contributed by atoms with Crippen LogP contribution in [0.2, 0.25) is 0 Å². The molecule has 3 aliphatic carbocycles. The van der Waals surface area contributed by atoms with Gasteiger partial charge < -0.3 is 20.1 Å². The minimum Gasteiger partial charge on any atom is -0.507 e. The fraction of sp³-hybridized carbons (Fsp3) is 0.379. The largest absolute Gasteiger partial charge is 0.507 e. The molecule has 3 N–H and O–H groups in total. The number of halogens is 1. The Labute approximate surface area is 218 Å². The fourth-order valence-electron chi connectivity index (χ4n) is 7.24. The van der Waals surface area contributed by atoms with Crippen molar-refractivity contribution in [3.8, 4) is 16.9 Å². The summed E-state index contributed by atoms with van der Waals surface area (Å²) in [4.78, 5) is 26.5. The number of hydrogen-bond acceptors (Lipinski definition) is 6. The Bertz CT molecular complexity index is 1580. The topological polar surface area (TPSA) is 113 Å². The Kier molecular flexibility index (Phi) is 5.18. The van der Waals surface area contributed by atoms with Crippen molar-refractivity contribution in [2.75, 3.05) is 5.32 Å². The second-order valence-corrected chi connectivity index (χ2v) is 11.0. The Balaban J connectivity index is 1.45. The van der Waals surface area contributed by atoms with E-state index < -0.39 is 17.7 Å². The van der Waals surface area contributed by atoms with Crippen LogP contribution in [0, 0.1) is 23.6 Å². The predicted molar refractivity (Wildman–Crippen MR) is 139 cm³/mol. The summed E-state index contributed by atoms with van der Waals surface area (Å²) in [5.74, 6) is -0.347. The summed E-state index contributed by atoms with van der Waals surface area (Å²) in [7, 11) is 0. The molecule has 2 bridgehead atoms. The third kappa shape index (κ3) is 3.40. The van der Waals surface area contributed by atoms with E-state index in [-0.39, 0.29) is 35.6 Å². The van der Waals surface area contributed by atoms with Gasteiger partial charge in [0.05, 0.1) is 24.1 Å². The Morgan fingerprint density at radius 3 is 2.61 bits per heavy atom. The zero-order valence-electron chi connectivity index (χ0n) is 20.9. The quantitative estimate of drug-likeness (QED) is 0.337. The van der Waals surface area contributed by atoms with Crippen LogP contribution in [0.15, 0.2) is 48.9 Å². The number of fused-ring (bicyclic) bond motifs is 5. The summed E-state index contributed by atoms with van der Waals surface area (Å²) in [6.45, 7) is 1.99. The van der Waals surface area contributed by atoms with Gasteiger partial charge in [-0.25, -0.2) is 19.3 Å². The van der Waals surface area contributed by atoms with Crippen LogP contribution in [0.4, 0.5) is 10.2 Å². The molecule has 1 aliphatic heterocycles. The van der Waals surface area contributed by atoms with Gasteiger partial charge in [-0.05, 0) is 56.6 Å². The number of phenolic OH excluding ortho intramolecular Hbond substituents is 1. The maximum absolute atomic E-state index is 14.2. The number of benzene rings is 1. The van der Waals surface area contributed by atoms with E-state index in [1.165, 1.54) is 12.3 Å². The molecule has 0 saturated heterocycles. The first-order chi connectivity index (χ1) is 18.4. The normalized spacial score (nSPS) is 27.8. The summed E-state index contributed by atoms with van der Waals surface area (Å²) in [6, 6.07) is 8.25. The number of phenols is 1. The van der Waals surface area contributed by atoms with Gasteiger partial charge in [-0.15, -0.1) is 0 Å². The number of aliphatic carboxylic acids is 1. The molecular formula is C29H28FN5O3. The number of anilines is 1. The number of nitrogens with zero attached hydrogens (tertiary/aromatic N) is 4. The molecule has 8 nitrogen and oxygen atoms in total. The molecule has 3 saturated carbocycles. The molecule has 0 spiro atoms. The van der Waals surface area contributed by atoms with Crippen LogP contribution >= 0.6 is 0 Å². The van der Waals surface area contributed by atoms with Crippen molar-refractivity contribution in [3.05, 3.63) is 66.1 Å². The first-order valence-electron chi connectivity index (χ1n) is 13.2. The van der Waals surface area contributed by atoms with E-state index in [9.17, 15) is 19.4 Å². The standard InChI is InChI=1S/C29H28FN5O3/c1-14-23(19-10-17(30)11-31-26(19)33-14)27-32-12-20-21(18-4-2-3-5-22(18)36)13-35(28(20)34-27)25-16-8-6-15(7-9-16)24(25)29(37)38/h2-5,10-16,23-25,36H,6-9H2,1H3,(H,31,33)(H,37,38)/t14?,15?,16?,23?,24-,25-/m1/s1. The first kappa shape index (κ1) is 23.1. The van der Waals surface area contributed by atoms with Gasteiger partial charge in [0.25, 0.3) is 0 Å². The molecule has 3 aromatic heterocycles. The monoisotopic (exact) mass is 513 g/mol. The van der Waals surface area contributed by atoms with Gasteiger partial charge in [0, 0.05) is 40.5 Å². The van der Waals surface area contributed by atoms with E-state index in [2.05, 4.69) is 10.3 Å². The molecule has 4 aliphatic rings. The maximum atomic E-state index is 14.2. The number of carboxylic acid groups (broad SMARTS) is 1. The molecule has 9 heteroatoms. The Morgan fingerprint density at radius 2 is 1.84 bits per heavy atom. The van der Waals surface area contributed by atoms with Crippen LogP contribution in [0.3, 0.4) is 0 Å². The van der Waals surface area contributed by atoms with Crippen LogP contribution in [0.1, 0.15) is 56.0 Å². The number of carboxylic acids is 1. The van der Waals surface area contributed by atoms with E-state index in [0.717, 1.165) is 36.6 Å². The van der Waals surface area contributed by atoms with E-state index >= 15 is 0 Å². The van der Waals surface area contributed by atoms with Crippen LogP contribution in [-0.4, -0.2) is 41.7 Å². The zero-order chi connectivity index (χ0) is 26.1. The third-order valence-electron chi connectivity index (χ3n) is 8.93. The highest BCUT2D eigenvalue weighted by Crippen LogP contribution is 2.53. The highest BCUT2D eigenvalue weighted by atomic mass is 19.1. The van der Waals surface area contributed by atoms with Gasteiger partial charge in [-0.2, -0.15) is 0 Å². The van der Waals surface area contributed by atoms with Crippen molar-refractivity contribution in [3.63, 3.8) is 0 Å². The van der Waals surface area contributed by atoms with Crippen molar-refractivity contribution in [2.24, 2.45) is 17.8 Å². The van der Waals surface area contributed by atoms with Gasteiger partial charge in [0.15, 0.2) is 0 Å². The molecule has 4 heterocycles. The Morgan fingerprint density at radius 1 is 1.08 bits per heavy atom. The SMILES string of the molecule is CC1Nc2ncc(F)cc2C1c1ncc2c(-c3ccccc3O)cn([C@@H]3C4CCC(CC4)[C@H]3C(=O)O)c2n1. The van der Waals surface area contributed by atoms with Crippen molar-refractivity contribution < 1.29 is 19.4 Å². The lowest BCUT2D eigenvalue weighted by Gasteiger charge is -2.47. The van der Waals surface area contributed by atoms with Crippen LogP contribution < -0.4 is 5.32 Å². The van der Waals surface area contributed by atoms with Crippen molar-refractivity contribution in [2.45, 2.75) is 50.6 Å². The smallest absolute Gasteiger partial charge is 0.308 e. The van der Waals surface area contributed by atoms with E-state index in [1.54, 1.807) is 18.3 Å². The molecular weight excluding hydrogens is 485 g/mol. The minimum absolute atomic E-state index is 0.102. The number of pyridine rings is 1. The van der Waals surface area contributed by atoms with Crippen molar-refractivity contribution >= 4 is 22.8 Å². The van der Waals surface area contributed by atoms with E-state index in [1.807, 2.05) is 29.8 Å². The van der Waals surface area contributed by atoms with Gasteiger partial charge in [0.2, 0.25) is 0 Å². The minimum atomic E-state index is -0.770. The number of para-hydroxylation sites is 1. The summed E-state index contributed by atoms with van der Waals surface area (Å²) >= 11 is 0. The van der Waals surface area contributed by atoms with Gasteiger partial charge in [-0.3, -0.25) is 4.79 Å². The maximum Gasteiger partial charge on any atom is 0.308 e. The first-order valence-corrected chi connectivity index (χ1v) is 13.2. The molecule has 4 aromatic rings. The van der Waals surface area contributed by atoms with E-state index in [0.29, 0.717) is 28.4 Å². The molecule has 0 radical (unpaired) electrons. The van der Waals surface area contributed by atoms with Gasteiger partial charge in [-0.1, -0.05) is 18.2 Å². The van der Waals surface area contributed by atoms with Crippen molar-refractivity contribution in [1.29, 1.82) is 0 Å². The summed E-state index contributed by atoms with van der Waals surface area (Å²) in [6.07, 6.45) is 8.75. The number of nitrogens with one attached hydrogen (secondary N) is 1. The number of aromatic nitrogens is 4. The fourth-order valence-corrected chi connectivity index (χ4v) is 7.24. The zero-order valence-corrected chi connectivity index (χ0v) is 20.9. The third-order valence-corrected chi connectivity index (χ3v) is 8.93. The predicted octanol–water partition coefficient (Wildman–Crippen LogP) is 5.35. The number of aromatic hydroxyl groups is 1. The molecule has 3 fully saturated rings. The van der Waals surface area contributed by atoms with E-state index in [4.69, 9.17) is 9.97 Å². The lowest BCUT2D eigenvalue weighted by Crippen LogP contribution is -2.45. The summed E-state index contributed by atoms with van der Waals surface area (Å²) in [5.41, 5.74) is 2.76. The second kappa shape index (κ2) is 8.51. The molecule has 1 aromatic carbocycles. The van der Waals surface area contributed by atoms with Crippen LogP contribution in [0.5, 0.6) is 5.75 Å². The van der Waals surface area contributed by atoms with Crippen LogP contribution in [0.25, 0.3) is 22.2 Å². The molecule has 38 heavy (non-hydrogen) atoms. The molecule has 194 valence electrons. The van der Waals surface area contributed by atoms with Crippen LogP contribution in [-0.2, 0) is 4.79 Å². The summed E-state index contributed by atoms with van der Waals surface area (Å²) in [5, 5.41) is 25.0. The molecule has 4 atom stereocenters. The summed E-state index contributed by atoms with van der Waals surface area (Å²) < 4.78 is 16.2. The lowest BCUT2D eigenvalue weighted by molar-refractivity contribution is -0.151. The number of rotatable bonds is 4. The average Bonchev–Trinajstić information content (AvgIpc) is 3.45. The highest BCUT2D eigenvalue weighted by molar-refractivity contribution is 5.95. The average molecular weight is 514 g/mol. The second-order valence-electron chi connectivity index (χ2n) is 11.0. The molecule has 8 rings (SSSR count). The molecule has 0 amide bonds. The number of hydrogen-bond donors (Lipinski definition) is 3.